The summed E-state index contributed by atoms with van der Waals surface area (Å²) in [4.78, 5) is 33.0. The van der Waals surface area contributed by atoms with Crippen LogP contribution < -0.4 is 0 Å². The van der Waals surface area contributed by atoms with Crippen LogP contribution >= 0.6 is 0 Å². The fourth-order valence-electron chi connectivity index (χ4n) is 4.92. The molecule has 0 radical (unpaired) electrons. The standard InChI is InChI=1S/C24H34N2O3/c1-7-23(5)16-20(25-21(27)14-15-22(25)28)17(3)24(6,8-2)26(23)29-18(4)19-12-10-9-11-13-19/h9-15,17-18,20H,7-8,16H2,1-6H3. The summed E-state index contributed by atoms with van der Waals surface area (Å²) in [6.45, 7) is 12.9. The Kier molecular flexibility index (Phi) is 6.02. The molecule has 1 aromatic rings. The van der Waals surface area contributed by atoms with Gasteiger partial charge in [-0.1, -0.05) is 51.1 Å². The Bertz CT molecular complexity index is 775. The van der Waals surface area contributed by atoms with E-state index < -0.39 is 0 Å². The molecule has 0 aliphatic carbocycles. The lowest BCUT2D eigenvalue weighted by molar-refractivity contribution is -0.330. The van der Waals surface area contributed by atoms with Crippen LogP contribution in [-0.2, 0) is 14.4 Å². The molecule has 0 aromatic heterocycles. The highest BCUT2D eigenvalue weighted by atomic mass is 16.7. The van der Waals surface area contributed by atoms with E-state index in [1.54, 1.807) is 0 Å². The third-order valence-corrected chi connectivity index (χ3v) is 7.35. The quantitative estimate of drug-likeness (QED) is 0.655. The predicted octanol–water partition coefficient (Wildman–Crippen LogP) is 4.65. The number of amides is 2. The van der Waals surface area contributed by atoms with Crippen LogP contribution in [0.1, 0.15) is 72.5 Å². The van der Waals surface area contributed by atoms with E-state index in [-0.39, 0.29) is 41.0 Å². The van der Waals surface area contributed by atoms with E-state index in [0.717, 1.165) is 18.4 Å². The van der Waals surface area contributed by atoms with Crippen molar-refractivity contribution in [1.29, 1.82) is 0 Å². The van der Waals surface area contributed by atoms with Crippen LogP contribution in [0.25, 0.3) is 0 Å². The molecule has 158 valence electrons. The van der Waals surface area contributed by atoms with Gasteiger partial charge in [0.1, 0.15) is 6.10 Å². The summed E-state index contributed by atoms with van der Waals surface area (Å²) >= 11 is 0. The minimum absolute atomic E-state index is 0.0721. The van der Waals surface area contributed by atoms with E-state index >= 15 is 0 Å². The Hall–Kier alpha value is -1.98. The van der Waals surface area contributed by atoms with Crippen molar-refractivity contribution >= 4 is 11.8 Å². The van der Waals surface area contributed by atoms with E-state index in [1.807, 2.05) is 18.2 Å². The summed E-state index contributed by atoms with van der Waals surface area (Å²) in [5, 5.41) is 2.19. The van der Waals surface area contributed by atoms with Crippen molar-refractivity contribution in [1.82, 2.24) is 9.96 Å². The van der Waals surface area contributed by atoms with Crippen molar-refractivity contribution in [3.8, 4) is 0 Å². The van der Waals surface area contributed by atoms with Crippen LogP contribution in [0, 0.1) is 5.92 Å². The van der Waals surface area contributed by atoms with Gasteiger partial charge in [-0.05, 0) is 51.5 Å². The highest BCUT2D eigenvalue weighted by molar-refractivity contribution is 6.13. The first-order chi connectivity index (χ1) is 13.7. The first-order valence-corrected chi connectivity index (χ1v) is 10.7. The van der Waals surface area contributed by atoms with Gasteiger partial charge < -0.3 is 0 Å². The summed E-state index contributed by atoms with van der Waals surface area (Å²) in [6.07, 6.45) is 5.10. The average molecular weight is 399 g/mol. The fraction of sp³-hybridized carbons (Fsp3) is 0.583. The second-order valence-electron chi connectivity index (χ2n) is 8.95. The van der Waals surface area contributed by atoms with Gasteiger partial charge in [0, 0.05) is 29.3 Å². The van der Waals surface area contributed by atoms with Gasteiger partial charge in [-0.2, -0.15) is 5.06 Å². The predicted molar refractivity (Wildman–Crippen MR) is 114 cm³/mol. The molecule has 3 rings (SSSR count). The highest BCUT2D eigenvalue weighted by Gasteiger charge is 2.57. The van der Waals surface area contributed by atoms with Crippen LogP contribution in [0.5, 0.6) is 0 Å². The van der Waals surface area contributed by atoms with E-state index in [1.165, 1.54) is 17.1 Å². The smallest absolute Gasteiger partial charge is 0.253 e. The minimum atomic E-state index is -0.320. The molecule has 0 saturated carbocycles. The number of benzene rings is 1. The molecule has 29 heavy (non-hydrogen) atoms. The zero-order valence-electron chi connectivity index (χ0n) is 18.5. The Labute approximate surface area is 174 Å². The van der Waals surface area contributed by atoms with Crippen molar-refractivity contribution < 1.29 is 14.4 Å². The van der Waals surface area contributed by atoms with Crippen molar-refractivity contribution in [3.05, 3.63) is 48.0 Å². The molecule has 2 aliphatic rings. The number of rotatable bonds is 6. The van der Waals surface area contributed by atoms with Crippen molar-refractivity contribution in [3.63, 3.8) is 0 Å². The largest absolute Gasteiger partial charge is 0.290 e. The Morgan fingerprint density at radius 3 is 2.17 bits per heavy atom. The van der Waals surface area contributed by atoms with Crippen LogP contribution in [0.2, 0.25) is 0 Å². The van der Waals surface area contributed by atoms with E-state index in [4.69, 9.17) is 4.84 Å². The molecular weight excluding hydrogens is 364 g/mol. The molecule has 0 bridgehead atoms. The Morgan fingerprint density at radius 2 is 1.66 bits per heavy atom. The molecule has 2 amide bonds. The zero-order chi connectivity index (χ0) is 21.4. The van der Waals surface area contributed by atoms with Crippen molar-refractivity contribution in [2.75, 3.05) is 0 Å². The molecule has 2 aliphatic heterocycles. The van der Waals surface area contributed by atoms with E-state index in [9.17, 15) is 9.59 Å². The van der Waals surface area contributed by atoms with E-state index in [2.05, 4.69) is 58.7 Å². The van der Waals surface area contributed by atoms with Crippen molar-refractivity contribution in [2.45, 2.75) is 84.0 Å². The third kappa shape index (κ3) is 3.66. The van der Waals surface area contributed by atoms with Crippen molar-refractivity contribution in [2.24, 2.45) is 5.92 Å². The molecule has 1 fully saturated rings. The molecule has 1 saturated heterocycles. The van der Waals surface area contributed by atoms with E-state index in [0.29, 0.717) is 6.42 Å². The molecular formula is C24H34N2O3. The molecule has 1 aromatic carbocycles. The lowest BCUT2D eigenvalue weighted by Crippen LogP contribution is -2.70. The molecule has 2 heterocycles. The number of nitrogens with zero attached hydrogens (tertiary/aromatic N) is 2. The maximum absolute atomic E-state index is 12.4. The summed E-state index contributed by atoms with van der Waals surface area (Å²) < 4.78 is 0. The molecule has 0 spiro atoms. The maximum atomic E-state index is 12.4. The minimum Gasteiger partial charge on any atom is -0.290 e. The van der Waals surface area contributed by atoms with Crippen LogP contribution in [0.4, 0.5) is 0 Å². The molecule has 5 nitrogen and oxygen atoms in total. The maximum Gasteiger partial charge on any atom is 0.253 e. The second kappa shape index (κ2) is 8.04. The second-order valence-corrected chi connectivity index (χ2v) is 8.95. The molecule has 5 unspecified atom stereocenters. The molecule has 5 atom stereocenters. The van der Waals surface area contributed by atoms with Gasteiger partial charge in [0.25, 0.3) is 11.8 Å². The number of carbonyl (C=O) groups is 2. The molecule has 5 heteroatoms. The Balaban J connectivity index is 1.96. The lowest BCUT2D eigenvalue weighted by Gasteiger charge is -2.60. The Morgan fingerprint density at radius 1 is 1.07 bits per heavy atom. The number of hydrogen-bond donors (Lipinski definition) is 0. The van der Waals surface area contributed by atoms with Gasteiger partial charge in [0.2, 0.25) is 0 Å². The van der Waals surface area contributed by atoms with Gasteiger partial charge in [-0.15, -0.1) is 0 Å². The zero-order valence-corrected chi connectivity index (χ0v) is 18.5. The van der Waals surface area contributed by atoms with Gasteiger partial charge in [0.15, 0.2) is 0 Å². The number of piperidine rings is 1. The average Bonchev–Trinajstić information content (AvgIpc) is 3.06. The first-order valence-electron chi connectivity index (χ1n) is 10.7. The lowest BCUT2D eigenvalue weighted by atomic mass is 9.68. The summed E-state index contributed by atoms with van der Waals surface area (Å²) in [7, 11) is 0. The third-order valence-electron chi connectivity index (χ3n) is 7.35. The summed E-state index contributed by atoms with van der Waals surface area (Å²) in [5.41, 5.74) is 0.516. The first kappa shape index (κ1) is 21.7. The fourth-order valence-corrected chi connectivity index (χ4v) is 4.92. The summed E-state index contributed by atoms with van der Waals surface area (Å²) in [6, 6.07) is 10.1. The van der Waals surface area contributed by atoms with Gasteiger partial charge in [0.05, 0.1) is 0 Å². The van der Waals surface area contributed by atoms with Crippen LogP contribution in [0.15, 0.2) is 42.5 Å². The number of hydrogen-bond acceptors (Lipinski definition) is 4. The van der Waals surface area contributed by atoms with Crippen LogP contribution in [-0.4, -0.2) is 38.9 Å². The normalized spacial score (nSPS) is 34.1. The number of carbonyl (C=O) groups excluding carboxylic acids is 2. The summed E-state index contributed by atoms with van der Waals surface area (Å²) in [5.74, 6) is -0.325. The number of imide groups is 1. The monoisotopic (exact) mass is 398 g/mol. The number of hydroxylamine groups is 2. The topological polar surface area (TPSA) is 49.9 Å². The van der Waals surface area contributed by atoms with Gasteiger partial charge in [-0.25, -0.2) is 0 Å². The molecule has 0 N–H and O–H groups in total. The van der Waals surface area contributed by atoms with Crippen LogP contribution in [0.3, 0.4) is 0 Å². The van der Waals surface area contributed by atoms with Gasteiger partial charge in [-0.3, -0.25) is 19.3 Å². The SMILES string of the molecule is CCC1(C)CC(N2C(=O)C=CC2=O)C(C)C(C)(CC)N1OC(C)c1ccccc1. The van der Waals surface area contributed by atoms with Gasteiger partial charge >= 0.3 is 0 Å². The highest BCUT2D eigenvalue weighted by Crippen LogP contribution is 2.48.